The number of anilines is 3. The average molecular weight is 301 g/mol. The molecule has 1 heterocycles. The zero-order chi connectivity index (χ0) is 15.5. The van der Waals surface area contributed by atoms with E-state index >= 15 is 0 Å². The lowest BCUT2D eigenvalue weighted by Crippen LogP contribution is -2.15. The molecule has 0 aliphatic heterocycles. The number of benzene rings is 2. The molecule has 3 rings (SSSR count). The first-order chi connectivity index (χ1) is 10.6. The minimum absolute atomic E-state index is 0.214. The number of hydrogen-bond donors (Lipinski definition) is 3. The van der Waals surface area contributed by atoms with E-state index in [1.54, 1.807) is 24.3 Å². The van der Waals surface area contributed by atoms with E-state index in [0.717, 1.165) is 0 Å². The lowest BCUT2D eigenvalue weighted by atomic mass is 10.3. The fourth-order valence-corrected chi connectivity index (χ4v) is 1.95. The Labute approximate surface area is 124 Å². The van der Waals surface area contributed by atoms with E-state index in [0.29, 0.717) is 22.5 Å². The van der Waals surface area contributed by atoms with Gasteiger partial charge in [0.15, 0.2) is 5.58 Å². The second kappa shape index (κ2) is 5.82. The largest absolute Gasteiger partial charge is 0.423 e. The lowest BCUT2D eigenvalue weighted by Gasteiger charge is -2.06. The number of carbonyl (C=O) groups excluding carboxylic acids is 1. The molecule has 0 bridgehead atoms. The first-order valence-electron chi connectivity index (χ1n) is 6.48. The van der Waals surface area contributed by atoms with Crippen LogP contribution in [0.1, 0.15) is 0 Å². The van der Waals surface area contributed by atoms with Crippen LogP contribution in [0.3, 0.4) is 0 Å². The van der Waals surface area contributed by atoms with Gasteiger partial charge in [0.1, 0.15) is 17.9 Å². The first-order valence-corrected chi connectivity index (χ1v) is 6.48. The van der Waals surface area contributed by atoms with Gasteiger partial charge in [-0.15, -0.1) is 0 Å². The van der Waals surface area contributed by atoms with Crippen LogP contribution >= 0.6 is 0 Å². The third kappa shape index (κ3) is 3.04. The summed E-state index contributed by atoms with van der Waals surface area (Å²) in [6.07, 6.45) is 0. The summed E-state index contributed by atoms with van der Waals surface area (Å²) in [5, 5.41) is 14.2. The molecule has 22 heavy (non-hydrogen) atoms. The molecule has 0 aliphatic carbocycles. The topological polar surface area (TPSA) is 87.4 Å². The van der Waals surface area contributed by atoms with E-state index in [1.165, 1.54) is 18.2 Å². The van der Waals surface area contributed by atoms with Crippen molar-refractivity contribution >= 4 is 34.4 Å². The zero-order valence-electron chi connectivity index (χ0n) is 11.3. The Bertz CT molecular complexity index is 832. The molecular weight excluding hydrogens is 289 g/mol. The fourth-order valence-electron chi connectivity index (χ4n) is 1.95. The number of halogens is 1. The van der Waals surface area contributed by atoms with Gasteiger partial charge in [0.2, 0.25) is 5.91 Å². The fraction of sp³-hybridized carbons (Fsp3) is 0.0667. The van der Waals surface area contributed by atoms with Crippen molar-refractivity contribution in [1.82, 2.24) is 4.98 Å². The SMILES string of the molecule is O=C(CO)Nc1cccc(Nc2nc3cc(F)ccc3o2)c1. The molecule has 3 aromatic rings. The molecule has 1 aromatic heterocycles. The maximum absolute atomic E-state index is 13.1. The molecule has 0 unspecified atom stereocenters. The van der Waals surface area contributed by atoms with Crippen molar-refractivity contribution in [3.63, 3.8) is 0 Å². The summed E-state index contributed by atoms with van der Waals surface area (Å²) in [5.41, 5.74) is 2.02. The lowest BCUT2D eigenvalue weighted by molar-refractivity contribution is -0.118. The minimum atomic E-state index is -0.589. The number of hydrogen-bond acceptors (Lipinski definition) is 5. The van der Waals surface area contributed by atoms with Crippen LogP contribution in [0.15, 0.2) is 46.9 Å². The Hall–Kier alpha value is -2.93. The van der Waals surface area contributed by atoms with Gasteiger partial charge >= 0.3 is 0 Å². The van der Waals surface area contributed by atoms with Crippen LogP contribution in [0.25, 0.3) is 11.1 Å². The smallest absolute Gasteiger partial charge is 0.300 e. The highest BCUT2D eigenvalue weighted by atomic mass is 19.1. The predicted octanol–water partition coefficient (Wildman–Crippen LogP) is 2.64. The maximum atomic E-state index is 13.1. The number of fused-ring (bicyclic) bond motifs is 1. The number of nitrogens with one attached hydrogen (secondary N) is 2. The van der Waals surface area contributed by atoms with E-state index < -0.39 is 12.5 Å². The van der Waals surface area contributed by atoms with Crippen LogP contribution in [-0.2, 0) is 4.79 Å². The number of oxazole rings is 1. The van der Waals surface area contributed by atoms with E-state index in [-0.39, 0.29) is 11.8 Å². The van der Waals surface area contributed by atoms with Crippen LogP contribution in [0.4, 0.5) is 21.8 Å². The molecular formula is C15H12FN3O3. The highest BCUT2D eigenvalue weighted by Gasteiger charge is 2.07. The summed E-state index contributed by atoms with van der Waals surface area (Å²) in [7, 11) is 0. The van der Waals surface area contributed by atoms with Crippen molar-refractivity contribution in [2.45, 2.75) is 0 Å². The van der Waals surface area contributed by atoms with Gasteiger partial charge in [0, 0.05) is 17.4 Å². The molecule has 3 N–H and O–H groups in total. The van der Waals surface area contributed by atoms with Gasteiger partial charge in [-0.3, -0.25) is 4.79 Å². The number of nitrogens with zero attached hydrogens (tertiary/aromatic N) is 1. The Morgan fingerprint density at radius 3 is 2.86 bits per heavy atom. The molecule has 0 atom stereocenters. The zero-order valence-corrected chi connectivity index (χ0v) is 11.3. The molecule has 0 spiro atoms. The highest BCUT2D eigenvalue weighted by molar-refractivity contribution is 5.92. The molecule has 6 nitrogen and oxygen atoms in total. The maximum Gasteiger partial charge on any atom is 0.300 e. The monoisotopic (exact) mass is 301 g/mol. The van der Waals surface area contributed by atoms with Crippen molar-refractivity contribution in [3.8, 4) is 0 Å². The predicted molar refractivity (Wildman–Crippen MR) is 79.4 cm³/mol. The average Bonchev–Trinajstić information content (AvgIpc) is 2.88. The van der Waals surface area contributed by atoms with Crippen LogP contribution < -0.4 is 10.6 Å². The summed E-state index contributed by atoms with van der Waals surface area (Å²) >= 11 is 0. The third-order valence-electron chi connectivity index (χ3n) is 2.89. The van der Waals surface area contributed by atoms with Gasteiger partial charge in [-0.05, 0) is 30.3 Å². The van der Waals surface area contributed by atoms with Gasteiger partial charge in [0.05, 0.1) is 0 Å². The second-order valence-corrected chi connectivity index (χ2v) is 4.54. The van der Waals surface area contributed by atoms with E-state index in [1.807, 2.05) is 0 Å². The molecule has 0 saturated carbocycles. The molecule has 0 aliphatic rings. The van der Waals surface area contributed by atoms with Crippen molar-refractivity contribution < 1.29 is 18.7 Å². The summed E-state index contributed by atoms with van der Waals surface area (Å²) in [6.45, 7) is -0.589. The number of aliphatic hydroxyl groups excluding tert-OH is 1. The van der Waals surface area contributed by atoms with Gasteiger partial charge < -0.3 is 20.2 Å². The van der Waals surface area contributed by atoms with Gasteiger partial charge in [0.25, 0.3) is 6.01 Å². The Balaban J connectivity index is 1.82. The number of rotatable bonds is 4. The van der Waals surface area contributed by atoms with Crippen molar-refractivity contribution in [2.75, 3.05) is 17.2 Å². The van der Waals surface area contributed by atoms with Gasteiger partial charge in [-0.25, -0.2) is 4.39 Å². The standard InChI is InChI=1S/C15H12FN3O3/c16-9-4-5-13-12(6-9)19-15(22-13)18-11-3-1-2-10(7-11)17-14(21)8-20/h1-7,20H,8H2,(H,17,21)(H,18,19). The van der Waals surface area contributed by atoms with E-state index in [9.17, 15) is 9.18 Å². The third-order valence-corrected chi connectivity index (χ3v) is 2.89. The molecule has 112 valence electrons. The molecule has 2 aromatic carbocycles. The van der Waals surface area contributed by atoms with Crippen molar-refractivity contribution in [3.05, 3.63) is 48.3 Å². The Kier molecular flexibility index (Phi) is 3.71. The van der Waals surface area contributed by atoms with Gasteiger partial charge in [-0.2, -0.15) is 4.98 Å². The number of aliphatic hydroxyl groups is 1. The van der Waals surface area contributed by atoms with E-state index in [2.05, 4.69) is 15.6 Å². The number of aromatic nitrogens is 1. The number of carbonyl (C=O) groups is 1. The van der Waals surface area contributed by atoms with Crippen LogP contribution in [0.2, 0.25) is 0 Å². The number of amides is 1. The normalized spacial score (nSPS) is 10.6. The summed E-state index contributed by atoms with van der Waals surface area (Å²) < 4.78 is 18.6. The molecule has 1 amide bonds. The van der Waals surface area contributed by atoms with Crippen molar-refractivity contribution in [1.29, 1.82) is 0 Å². The summed E-state index contributed by atoms with van der Waals surface area (Å²) in [6, 6.07) is 11.1. The Morgan fingerprint density at radius 2 is 2.05 bits per heavy atom. The van der Waals surface area contributed by atoms with Crippen LogP contribution in [0.5, 0.6) is 0 Å². The summed E-state index contributed by atoms with van der Waals surface area (Å²) in [5.74, 6) is -0.893. The molecule has 0 saturated heterocycles. The summed E-state index contributed by atoms with van der Waals surface area (Å²) in [4.78, 5) is 15.3. The Morgan fingerprint density at radius 1 is 1.23 bits per heavy atom. The minimum Gasteiger partial charge on any atom is -0.423 e. The highest BCUT2D eigenvalue weighted by Crippen LogP contribution is 2.24. The molecule has 0 fully saturated rings. The quantitative estimate of drug-likeness (QED) is 0.689. The first kappa shape index (κ1) is 14.0. The molecule has 7 heteroatoms. The van der Waals surface area contributed by atoms with E-state index in [4.69, 9.17) is 9.52 Å². The van der Waals surface area contributed by atoms with Crippen LogP contribution in [0, 0.1) is 5.82 Å². The second-order valence-electron chi connectivity index (χ2n) is 4.54. The van der Waals surface area contributed by atoms with Gasteiger partial charge in [-0.1, -0.05) is 6.07 Å². The van der Waals surface area contributed by atoms with Crippen molar-refractivity contribution in [2.24, 2.45) is 0 Å². The molecule has 0 radical (unpaired) electrons. The van der Waals surface area contributed by atoms with Crippen LogP contribution in [-0.4, -0.2) is 22.6 Å².